The molecule has 0 aliphatic heterocycles. The minimum Gasteiger partial charge on any atom is -0.448 e. The molecule has 3 aromatic heterocycles. The maximum absolute atomic E-state index is 12.8. The van der Waals surface area contributed by atoms with Gasteiger partial charge in [-0.3, -0.25) is 14.2 Å². The van der Waals surface area contributed by atoms with Crippen molar-refractivity contribution in [2.75, 3.05) is 5.32 Å². The maximum atomic E-state index is 12.8. The summed E-state index contributed by atoms with van der Waals surface area (Å²) in [6, 6.07) is 9.53. The molecule has 1 unspecified atom stereocenters. The number of thiophene rings is 1. The first-order valence-corrected chi connectivity index (χ1v) is 10.6. The Morgan fingerprint density at radius 2 is 2.27 bits per heavy atom. The van der Waals surface area contributed by atoms with Crippen LogP contribution in [0.1, 0.15) is 29.3 Å². The van der Waals surface area contributed by atoms with Crippen molar-refractivity contribution in [2.24, 2.45) is 5.92 Å². The summed E-state index contributed by atoms with van der Waals surface area (Å²) >= 11 is 1.46. The fourth-order valence-electron chi connectivity index (χ4n) is 4.01. The summed E-state index contributed by atoms with van der Waals surface area (Å²) in [5, 5.41) is 13.7. The fraction of sp³-hybridized carbons (Fsp3) is 0.273. The molecule has 5 rings (SSSR count). The number of nitriles is 1. The number of carbonyl (C=O) groups is 1. The first-order valence-electron chi connectivity index (χ1n) is 9.76. The van der Waals surface area contributed by atoms with Gasteiger partial charge in [-0.15, -0.1) is 11.3 Å². The van der Waals surface area contributed by atoms with E-state index in [4.69, 9.17) is 4.42 Å². The van der Waals surface area contributed by atoms with E-state index in [9.17, 15) is 14.9 Å². The number of carbonyl (C=O) groups excluding carboxylic acids is 1. The zero-order chi connectivity index (χ0) is 20.8. The lowest BCUT2D eigenvalue weighted by Gasteiger charge is -2.17. The number of nitrogens with zero attached hydrogens (tertiary/aromatic N) is 3. The van der Waals surface area contributed by atoms with Crippen LogP contribution in [0.2, 0.25) is 0 Å². The first kappa shape index (κ1) is 18.6. The van der Waals surface area contributed by atoms with Crippen LogP contribution in [0, 0.1) is 17.2 Å². The van der Waals surface area contributed by atoms with Gasteiger partial charge < -0.3 is 9.73 Å². The van der Waals surface area contributed by atoms with Gasteiger partial charge in [0, 0.05) is 10.3 Å². The number of anilines is 1. The molecule has 1 atom stereocenters. The SMILES string of the molecule is CC1CCc2c(sc(NC(=O)Cn3cnc4c(oc5ccccc54)c3=O)c2C#N)C1. The number of amides is 1. The van der Waals surface area contributed by atoms with Crippen LogP contribution in [0.4, 0.5) is 5.00 Å². The van der Waals surface area contributed by atoms with Gasteiger partial charge in [-0.05, 0) is 42.9 Å². The van der Waals surface area contributed by atoms with E-state index in [2.05, 4.69) is 23.3 Å². The van der Waals surface area contributed by atoms with Crippen LogP contribution in [0.5, 0.6) is 0 Å². The molecular weight excluding hydrogens is 400 g/mol. The van der Waals surface area contributed by atoms with Gasteiger partial charge in [0.25, 0.3) is 5.56 Å². The lowest BCUT2D eigenvalue weighted by molar-refractivity contribution is -0.116. The van der Waals surface area contributed by atoms with E-state index in [1.807, 2.05) is 18.2 Å². The predicted octanol–water partition coefficient (Wildman–Crippen LogP) is 3.84. The standard InChI is InChI=1S/C22H18N4O3S/c1-12-6-7-13-15(9-23)21(30-17(13)8-12)25-18(27)10-26-11-24-19-14-4-2-3-5-16(14)29-20(19)22(26)28/h2-5,11-12H,6-8,10H2,1H3,(H,25,27). The summed E-state index contributed by atoms with van der Waals surface area (Å²) in [5.41, 5.74) is 2.39. The Morgan fingerprint density at radius 1 is 1.43 bits per heavy atom. The van der Waals surface area contributed by atoms with Gasteiger partial charge in [-0.25, -0.2) is 4.98 Å². The van der Waals surface area contributed by atoms with Crippen molar-refractivity contribution >= 4 is 44.3 Å². The zero-order valence-corrected chi connectivity index (χ0v) is 17.1. The van der Waals surface area contributed by atoms with E-state index in [-0.39, 0.29) is 18.0 Å². The molecule has 4 aromatic rings. The normalized spacial score (nSPS) is 15.8. The molecule has 1 aromatic carbocycles. The Bertz CT molecular complexity index is 1410. The Kier molecular flexibility index (Phi) is 4.40. The van der Waals surface area contributed by atoms with Crippen molar-refractivity contribution in [3.63, 3.8) is 0 Å². The molecule has 1 N–H and O–H groups in total. The molecule has 1 amide bonds. The van der Waals surface area contributed by atoms with Crippen LogP contribution in [-0.4, -0.2) is 15.5 Å². The highest BCUT2D eigenvalue weighted by Crippen LogP contribution is 2.39. The molecule has 0 saturated heterocycles. The summed E-state index contributed by atoms with van der Waals surface area (Å²) in [7, 11) is 0. The first-order chi connectivity index (χ1) is 14.5. The van der Waals surface area contributed by atoms with Crippen molar-refractivity contribution in [3.05, 3.63) is 57.0 Å². The van der Waals surface area contributed by atoms with Gasteiger partial charge in [0.2, 0.25) is 11.5 Å². The van der Waals surface area contributed by atoms with Crippen LogP contribution in [0.3, 0.4) is 0 Å². The highest BCUT2D eigenvalue weighted by Gasteiger charge is 2.25. The minimum atomic E-state index is -0.411. The number of benzene rings is 1. The smallest absolute Gasteiger partial charge is 0.297 e. The molecule has 0 spiro atoms. The molecule has 1 aliphatic carbocycles. The van der Waals surface area contributed by atoms with Crippen LogP contribution < -0.4 is 10.9 Å². The van der Waals surface area contributed by atoms with E-state index in [0.717, 1.165) is 30.2 Å². The highest BCUT2D eigenvalue weighted by atomic mass is 32.1. The van der Waals surface area contributed by atoms with Crippen LogP contribution in [0.25, 0.3) is 22.1 Å². The summed E-state index contributed by atoms with van der Waals surface area (Å²) in [6.45, 7) is 1.99. The summed E-state index contributed by atoms with van der Waals surface area (Å²) in [5.74, 6) is 0.198. The molecular formula is C22H18N4O3S. The molecule has 0 bridgehead atoms. The molecule has 30 heavy (non-hydrogen) atoms. The largest absolute Gasteiger partial charge is 0.448 e. The lowest BCUT2D eigenvalue weighted by Crippen LogP contribution is -2.27. The lowest BCUT2D eigenvalue weighted by atomic mass is 9.89. The number of nitrogens with one attached hydrogen (secondary N) is 1. The van der Waals surface area contributed by atoms with Crippen LogP contribution in [0.15, 0.2) is 39.8 Å². The summed E-state index contributed by atoms with van der Waals surface area (Å²) in [6.07, 6.45) is 4.19. The molecule has 1 aliphatic rings. The second-order valence-electron chi connectivity index (χ2n) is 7.67. The summed E-state index contributed by atoms with van der Waals surface area (Å²) < 4.78 is 6.88. The number of hydrogen-bond acceptors (Lipinski definition) is 6. The molecule has 3 heterocycles. The second-order valence-corrected chi connectivity index (χ2v) is 8.77. The Labute approximate surface area is 175 Å². The third-order valence-electron chi connectivity index (χ3n) is 5.54. The number of fused-ring (bicyclic) bond motifs is 4. The number of hydrogen-bond donors (Lipinski definition) is 1. The van der Waals surface area contributed by atoms with Gasteiger partial charge in [0.15, 0.2) is 0 Å². The van der Waals surface area contributed by atoms with Crippen LogP contribution >= 0.6 is 11.3 Å². The van der Waals surface area contributed by atoms with E-state index < -0.39 is 5.56 Å². The predicted molar refractivity (Wildman–Crippen MR) is 115 cm³/mol. The monoisotopic (exact) mass is 418 g/mol. The number of rotatable bonds is 3. The van der Waals surface area contributed by atoms with Crippen molar-refractivity contribution in [1.82, 2.24) is 9.55 Å². The van der Waals surface area contributed by atoms with Gasteiger partial charge in [0.05, 0.1) is 11.9 Å². The Hall–Kier alpha value is -3.44. The fourth-order valence-corrected chi connectivity index (χ4v) is 5.38. The third kappa shape index (κ3) is 2.99. The van der Waals surface area contributed by atoms with Crippen molar-refractivity contribution in [2.45, 2.75) is 32.7 Å². The minimum absolute atomic E-state index is 0.129. The highest BCUT2D eigenvalue weighted by molar-refractivity contribution is 7.16. The van der Waals surface area contributed by atoms with Crippen molar-refractivity contribution in [1.29, 1.82) is 5.26 Å². The zero-order valence-electron chi connectivity index (χ0n) is 16.3. The Morgan fingerprint density at radius 3 is 3.10 bits per heavy atom. The molecule has 8 heteroatoms. The van der Waals surface area contributed by atoms with Gasteiger partial charge >= 0.3 is 0 Å². The van der Waals surface area contributed by atoms with E-state index in [1.54, 1.807) is 6.07 Å². The molecule has 0 saturated carbocycles. The maximum Gasteiger partial charge on any atom is 0.297 e. The van der Waals surface area contributed by atoms with Gasteiger partial charge in [0.1, 0.15) is 28.7 Å². The molecule has 7 nitrogen and oxygen atoms in total. The molecule has 150 valence electrons. The average molecular weight is 418 g/mol. The van der Waals surface area contributed by atoms with E-state index in [0.29, 0.717) is 27.6 Å². The van der Waals surface area contributed by atoms with E-state index >= 15 is 0 Å². The van der Waals surface area contributed by atoms with E-state index in [1.165, 1.54) is 27.1 Å². The Balaban J connectivity index is 1.43. The number of para-hydroxylation sites is 1. The topological polar surface area (TPSA) is 101 Å². The van der Waals surface area contributed by atoms with Crippen molar-refractivity contribution < 1.29 is 9.21 Å². The molecule has 0 radical (unpaired) electrons. The quantitative estimate of drug-likeness (QED) is 0.545. The van der Waals surface area contributed by atoms with Crippen molar-refractivity contribution in [3.8, 4) is 6.07 Å². The average Bonchev–Trinajstić information content (AvgIpc) is 3.27. The third-order valence-corrected chi connectivity index (χ3v) is 6.71. The van der Waals surface area contributed by atoms with Crippen LogP contribution in [-0.2, 0) is 24.2 Å². The number of aromatic nitrogens is 2. The number of furan rings is 1. The molecule has 0 fully saturated rings. The van der Waals surface area contributed by atoms with Gasteiger partial charge in [-0.2, -0.15) is 5.26 Å². The van der Waals surface area contributed by atoms with Gasteiger partial charge in [-0.1, -0.05) is 19.1 Å². The second kappa shape index (κ2) is 7.11. The summed E-state index contributed by atoms with van der Waals surface area (Å²) in [4.78, 5) is 31.0.